The molecular formula is C27H27N3O5. The summed E-state index contributed by atoms with van der Waals surface area (Å²) in [6.07, 6.45) is -0.673. The van der Waals surface area contributed by atoms with Crippen molar-refractivity contribution in [3.63, 3.8) is 0 Å². The van der Waals surface area contributed by atoms with Crippen LogP contribution in [0.3, 0.4) is 0 Å². The van der Waals surface area contributed by atoms with E-state index in [4.69, 9.17) is 14.2 Å². The maximum absolute atomic E-state index is 12.9. The number of hydrogen-bond acceptors (Lipinski definition) is 5. The van der Waals surface area contributed by atoms with Crippen LogP contribution in [0.1, 0.15) is 5.56 Å². The molecule has 35 heavy (non-hydrogen) atoms. The highest BCUT2D eigenvalue weighted by Gasteiger charge is 2.33. The van der Waals surface area contributed by atoms with Crippen molar-refractivity contribution in [3.8, 4) is 17.2 Å². The first-order valence-electron chi connectivity index (χ1n) is 11.7. The summed E-state index contributed by atoms with van der Waals surface area (Å²) < 4.78 is 17.3. The van der Waals surface area contributed by atoms with Crippen LogP contribution in [-0.4, -0.2) is 60.6 Å². The minimum Gasteiger partial charge on any atom is -0.489 e. The van der Waals surface area contributed by atoms with Crippen LogP contribution in [0.15, 0.2) is 78.9 Å². The predicted molar refractivity (Wildman–Crippen MR) is 131 cm³/mol. The molecule has 0 aliphatic carbocycles. The zero-order chi connectivity index (χ0) is 24.0. The smallest absolute Gasteiger partial charge is 0.321 e. The number of amides is 3. The Balaban J connectivity index is 1.08. The number of benzene rings is 3. The Morgan fingerprint density at radius 3 is 2.23 bits per heavy atom. The molecule has 8 nitrogen and oxygen atoms in total. The number of hydrogen-bond donors (Lipinski definition) is 1. The van der Waals surface area contributed by atoms with Crippen LogP contribution in [0.2, 0.25) is 0 Å². The van der Waals surface area contributed by atoms with Gasteiger partial charge in [0.1, 0.15) is 19.0 Å². The number of nitrogens with zero attached hydrogens (tertiary/aromatic N) is 2. The first-order chi connectivity index (χ1) is 17.2. The first-order valence-corrected chi connectivity index (χ1v) is 11.7. The average Bonchev–Trinajstić information content (AvgIpc) is 2.92. The molecule has 1 unspecified atom stereocenters. The molecule has 0 radical (unpaired) electrons. The molecule has 5 rings (SSSR count). The Kier molecular flexibility index (Phi) is 6.70. The van der Waals surface area contributed by atoms with Crippen molar-refractivity contribution in [2.24, 2.45) is 0 Å². The summed E-state index contributed by atoms with van der Waals surface area (Å²) in [5.41, 5.74) is 1.78. The van der Waals surface area contributed by atoms with Crippen molar-refractivity contribution < 1.29 is 23.8 Å². The highest BCUT2D eigenvalue weighted by atomic mass is 16.6. The van der Waals surface area contributed by atoms with Crippen LogP contribution >= 0.6 is 0 Å². The molecule has 3 aromatic rings. The van der Waals surface area contributed by atoms with Crippen molar-refractivity contribution in [3.05, 3.63) is 84.4 Å². The molecule has 1 N–H and O–H groups in total. The quantitative estimate of drug-likeness (QED) is 0.610. The van der Waals surface area contributed by atoms with E-state index in [0.717, 1.165) is 11.3 Å². The van der Waals surface area contributed by atoms with Gasteiger partial charge in [0.05, 0.1) is 0 Å². The summed E-state index contributed by atoms with van der Waals surface area (Å²) in [5, 5.41) is 2.91. The first kappa shape index (κ1) is 22.6. The third-order valence-corrected chi connectivity index (χ3v) is 6.02. The lowest BCUT2D eigenvalue weighted by molar-refractivity contribution is -0.142. The fourth-order valence-electron chi connectivity index (χ4n) is 4.05. The van der Waals surface area contributed by atoms with Gasteiger partial charge in [-0.25, -0.2) is 4.79 Å². The Bertz CT molecular complexity index is 1160. The van der Waals surface area contributed by atoms with Crippen LogP contribution in [0.25, 0.3) is 0 Å². The fourth-order valence-corrected chi connectivity index (χ4v) is 4.05. The van der Waals surface area contributed by atoms with Crippen molar-refractivity contribution in [2.75, 3.05) is 38.1 Å². The highest BCUT2D eigenvalue weighted by Crippen LogP contribution is 2.31. The van der Waals surface area contributed by atoms with Gasteiger partial charge < -0.3 is 29.3 Å². The van der Waals surface area contributed by atoms with E-state index >= 15 is 0 Å². The van der Waals surface area contributed by atoms with Gasteiger partial charge in [0.25, 0.3) is 5.91 Å². The summed E-state index contributed by atoms with van der Waals surface area (Å²) >= 11 is 0. The highest BCUT2D eigenvalue weighted by molar-refractivity contribution is 5.89. The zero-order valence-corrected chi connectivity index (χ0v) is 19.3. The number of piperazine rings is 1. The lowest BCUT2D eigenvalue weighted by Gasteiger charge is -2.37. The number of anilines is 1. The Hall–Kier alpha value is -4.20. The lowest BCUT2D eigenvalue weighted by atomic mass is 10.2. The van der Waals surface area contributed by atoms with Crippen molar-refractivity contribution in [2.45, 2.75) is 12.7 Å². The van der Waals surface area contributed by atoms with Gasteiger partial charge in [-0.15, -0.1) is 0 Å². The molecule has 3 amide bonds. The molecule has 1 fully saturated rings. The number of fused-ring (bicyclic) bond motifs is 1. The SMILES string of the molecule is O=C(Nc1ccc(OCc2ccccc2)cc1)N1CCN(C(=O)C2COc3ccccc3O2)CC1. The van der Waals surface area contributed by atoms with Gasteiger partial charge in [-0.1, -0.05) is 42.5 Å². The van der Waals surface area contributed by atoms with Gasteiger partial charge in [0.2, 0.25) is 6.10 Å². The molecule has 180 valence electrons. The number of nitrogens with one attached hydrogen (secondary N) is 1. The van der Waals surface area contributed by atoms with E-state index in [1.807, 2.05) is 72.8 Å². The fraction of sp³-hybridized carbons (Fsp3) is 0.259. The second kappa shape index (κ2) is 10.4. The normalized spacial score (nSPS) is 17.0. The molecule has 2 aliphatic rings. The summed E-state index contributed by atoms with van der Waals surface area (Å²) in [6.45, 7) is 2.45. The van der Waals surface area contributed by atoms with E-state index in [0.29, 0.717) is 50.0 Å². The Morgan fingerprint density at radius 2 is 1.49 bits per heavy atom. The van der Waals surface area contributed by atoms with Crippen molar-refractivity contribution in [1.29, 1.82) is 0 Å². The van der Waals surface area contributed by atoms with Crippen LogP contribution in [0, 0.1) is 0 Å². The van der Waals surface area contributed by atoms with Gasteiger partial charge in [0.15, 0.2) is 11.5 Å². The van der Waals surface area contributed by atoms with Crippen LogP contribution in [0.5, 0.6) is 17.2 Å². The van der Waals surface area contributed by atoms with Crippen LogP contribution in [0.4, 0.5) is 10.5 Å². The molecule has 0 saturated carbocycles. The molecule has 2 aliphatic heterocycles. The molecule has 0 bridgehead atoms. The molecule has 0 aromatic heterocycles. The summed E-state index contributed by atoms with van der Waals surface area (Å²) in [6, 6.07) is 24.4. The molecular weight excluding hydrogens is 446 g/mol. The van der Waals surface area contributed by atoms with Gasteiger partial charge in [-0.05, 0) is 42.0 Å². The number of para-hydroxylation sites is 2. The minimum atomic E-state index is -0.673. The standard InChI is InChI=1S/C27H27N3O5/c31-26(25-19-34-23-8-4-5-9-24(23)35-25)29-14-16-30(17-15-29)27(32)28-21-10-12-22(13-11-21)33-18-20-6-2-1-3-7-20/h1-13,25H,14-19H2,(H,28,32). The summed E-state index contributed by atoms with van der Waals surface area (Å²) in [4.78, 5) is 29.0. The van der Waals surface area contributed by atoms with Crippen LogP contribution < -0.4 is 19.5 Å². The average molecular weight is 474 g/mol. The number of rotatable bonds is 5. The number of ether oxygens (including phenoxy) is 3. The molecule has 2 heterocycles. The molecule has 8 heteroatoms. The lowest BCUT2D eigenvalue weighted by Crippen LogP contribution is -2.55. The third-order valence-electron chi connectivity index (χ3n) is 6.02. The van der Waals surface area contributed by atoms with Crippen LogP contribution in [-0.2, 0) is 11.4 Å². The van der Waals surface area contributed by atoms with E-state index in [2.05, 4.69) is 5.32 Å². The number of carbonyl (C=O) groups excluding carboxylic acids is 2. The Labute approximate surface area is 204 Å². The molecule has 1 saturated heterocycles. The van der Waals surface area contributed by atoms with Crippen molar-refractivity contribution >= 4 is 17.6 Å². The van der Waals surface area contributed by atoms with Gasteiger partial charge in [-0.2, -0.15) is 0 Å². The van der Waals surface area contributed by atoms with Gasteiger partial charge in [0, 0.05) is 31.9 Å². The molecule has 3 aromatic carbocycles. The largest absolute Gasteiger partial charge is 0.489 e. The number of urea groups is 1. The second-order valence-electron chi connectivity index (χ2n) is 8.41. The summed E-state index contributed by atoms with van der Waals surface area (Å²) in [5.74, 6) is 1.83. The van der Waals surface area contributed by atoms with E-state index in [-0.39, 0.29) is 18.5 Å². The second-order valence-corrected chi connectivity index (χ2v) is 8.41. The maximum atomic E-state index is 12.9. The number of carbonyl (C=O) groups is 2. The Morgan fingerprint density at radius 1 is 0.829 bits per heavy atom. The van der Waals surface area contributed by atoms with E-state index < -0.39 is 6.10 Å². The molecule has 0 spiro atoms. The van der Waals surface area contributed by atoms with E-state index in [9.17, 15) is 9.59 Å². The van der Waals surface area contributed by atoms with Gasteiger partial charge in [-0.3, -0.25) is 4.79 Å². The van der Waals surface area contributed by atoms with Gasteiger partial charge >= 0.3 is 6.03 Å². The monoisotopic (exact) mass is 473 g/mol. The van der Waals surface area contributed by atoms with E-state index in [1.54, 1.807) is 15.9 Å². The predicted octanol–water partition coefficient (Wildman–Crippen LogP) is 3.78. The zero-order valence-electron chi connectivity index (χ0n) is 19.3. The minimum absolute atomic E-state index is 0.120. The summed E-state index contributed by atoms with van der Waals surface area (Å²) in [7, 11) is 0. The maximum Gasteiger partial charge on any atom is 0.321 e. The topological polar surface area (TPSA) is 80.3 Å². The molecule has 1 atom stereocenters. The van der Waals surface area contributed by atoms with Crippen molar-refractivity contribution in [1.82, 2.24) is 9.80 Å². The third kappa shape index (κ3) is 5.48. The van der Waals surface area contributed by atoms with E-state index in [1.165, 1.54) is 0 Å².